The van der Waals surface area contributed by atoms with Gasteiger partial charge in [0.15, 0.2) is 0 Å². The largest absolute Gasteiger partial charge is 0.304 e. The Morgan fingerprint density at radius 1 is 1.11 bits per heavy atom. The summed E-state index contributed by atoms with van der Waals surface area (Å²) < 4.78 is 0. The van der Waals surface area contributed by atoms with Gasteiger partial charge in [-0.1, -0.05) is 18.2 Å². The molecule has 1 aliphatic heterocycles. The predicted octanol–water partition coefficient (Wildman–Crippen LogP) is 1.94. The molecule has 1 aromatic carbocycles. The number of rotatable bonds is 2. The molecule has 3 rings (SSSR count). The average Bonchev–Trinajstić information content (AvgIpc) is 2.47. The Kier molecular flexibility index (Phi) is 3.44. The molecule has 1 saturated heterocycles. The molecule has 1 fully saturated rings. The lowest BCUT2D eigenvalue weighted by molar-refractivity contribution is 0.115. The Bertz CT molecular complexity index is 561. The molecule has 0 spiro atoms. The fourth-order valence-corrected chi connectivity index (χ4v) is 2.56. The van der Waals surface area contributed by atoms with Gasteiger partial charge < -0.3 is 4.90 Å². The molecule has 1 atom stereocenters. The zero-order valence-electron chi connectivity index (χ0n) is 11.6. The van der Waals surface area contributed by atoms with Crippen molar-refractivity contribution in [3.05, 3.63) is 36.3 Å². The highest BCUT2D eigenvalue weighted by atomic mass is 15.3. The fourth-order valence-electron chi connectivity index (χ4n) is 2.56. The number of hydrogen-bond donors (Lipinski definition) is 0. The Morgan fingerprint density at radius 3 is 2.63 bits per heavy atom. The third-order valence-corrected chi connectivity index (χ3v) is 3.97. The first-order valence-corrected chi connectivity index (χ1v) is 6.88. The summed E-state index contributed by atoms with van der Waals surface area (Å²) in [5.41, 5.74) is 1.04. The van der Waals surface area contributed by atoms with Crippen molar-refractivity contribution < 1.29 is 0 Å². The molecule has 2 aromatic rings. The van der Waals surface area contributed by atoms with E-state index >= 15 is 0 Å². The molecule has 0 aliphatic carbocycles. The summed E-state index contributed by atoms with van der Waals surface area (Å²) in [7, 11) is 2.18. The minimum Gasteiger partial charge on any atom is -0.304 e. The van der Waals surface area contributed by atoms with E-state index in [9.17, 15) is 0 Å². The first-order chi connectivity index (χ1) is 9.24. The van der Waals surface area contributed by atoms with E-state index in [2.05, 4.69) is 40.9 Å². The monoisotopic (exact) mass is 256 g/mol. The summed E-state index contributed by atoms with van der Waals surface area (Å²) in [5, 5.41) is 1.11. The summed E-state index contributed by atoms with van der Waals surface area (Å²) >= 11 is 0. The lowest BCUT2D eigenvalue weighted by Gasteiger charge is -2.35. The fraction of sp³-hybridized carbons (Fsp3) is 0.467. The van der Waals surface area contributed by atoms with E-state index in [1.807, 2.05) is 18.3 Å². The second kappa shape index (κ2) is 5.23. The minimum absolute atomic E-state index is 0.290. The standard InChI is InChI=1S/C15H20N4/c1-12(19-9-7-18(2)8-10-19)15-16-11-13-5-3-4-6-14(13)17-15/h3-6,11-12H,7-10H2,1-2H3. The topological polar surface area (TPSA) is 32.3 Å². The second-order valence-electron chi connectivity index (χ2n) is 5.30. The van der Waals surface area contributed by atoms with Gasteiger partial charge in [-0.25, -0.2) is 9.97 Å². The molecule has 0 radical (unpaired) electrons. The number of benzene rings is 1. The molecule has 0 bridgehead atoms. The van der Waals surface area contributed by atoms with Crippen LogP contribution in [0.3, 0.4) is 0 Å². The maximum absolute atomic E-state index is 4.70. The molecule has 1 aromatic heterocycles. The van der Waals surface area contributed by atoms with Crippen molar-refractivity contribution in [2.24, 2.45) is 0 Å². The van der Waals surface area contributed by atoms with Crippen LogP contribution in [0.5, 0.6) is 0 Å². The first kappa shape index (κ1) is 12.5. The van der Waals surface area contributed by atoms with Crippen LogP contribution in [0.4, 0.5) is 0 Å². The Hall–Kier alpha value is -1.52. The highest BCUT2D eigenvalue weighted by molar-refractivity contribution is 5.77. The van der Waals surface area contributed by atoms with Gasteiger partial charge in [0.1, 0.15) is 5.82 Å². The van der Waals surface area contributed by atoms with Crippen LogP contribution in [-0.4, -0.2) is 53.0 Å². The number of nitrogens with zero attached hydrogens (tertiary/aromatic N) is 4. The normalized spacial score (nSPS) is 19.7. The molecule has 0 saturated carbocycles. The highest BCUT2D eigenvalue weighted by Crippen LogP contribution is 2.20. The molecule has 4 nitrogen and oxygen atoms in total. The Balaban J connectivity index is 1.83. The van der Waals surface area contributed by atoms with Gasteiger partial charge in [0.05, 0.1) is 11.6 Å². The molecule has 19 heavy (non-hydrogen) atoms. The number of hydrogen-bond acceptors (Lipinski definition) is 4. The van der Waals surface area contributed by atoms with Crippen molar-refractivity contribution in [2.45, 2.75) is 13.0 Å². The molecule has 1 aliphatic rings. The van der Waals surface area contributed by atoms with Crippen LogP contribution in [0.2, 0.25) is 0 Å². The third-order valence-electron chi connectivity index (χ3n) is 3.97. The maximum Gasteiger partial charge on any atom is 0.145 e. The van der Waals surface area contributed by atoms with Gasteiger partial charge in [0.25, 0.3) is 0 Å². The minimum atomic E-state index is 0.290. The third kappa shape index (κ3) is 2.60. The van der Waals surface area contributed by atoms with Crippen molar-refractivity contribution in [1.29, 1.82) is 0 Å². The van der Waals surface area contributed by atoms with Gasteiger partial charge in [0.2, 0.25) is 0 Å². The van der Waals surface area contributed by atoms with E-state index in [1.54, 1.807) is 0 Å². The van der Waals surface area contributed by atoms with Crippen LogP contribution < -0.4 is 0 Å². The van der Waals surface area contributed by atoms with Crippen LogP contribution in [0, 0.1) is 0 Å². The maximum atomic E-state index is 4.70. The van der Waals surface area contributed by atoms with Gasteiger partial charge in [0, 0.05) is 37.8 Å². The number of likely N-dealkylation sites (N-methyl/N-ethyl adjacent to an activating group) is 1. The highest BCUT2D eigenvalue weighted by Gasteiger charge is 2.22. The van der Waals surface area contributed by atoms with Gasteiger partial charge in [-0.3, -0.25) is 4.90 Å². The number of piperazine rings is 1. The smallest absolute Gasteiger partial charge is 0.145 e. The number of fused-ring (bicyclic) bond motifs is 1. The number of aromatic nitrogens is 2. The van der Waals surface area contributed by atoms with Crippen molar-refractivity contribution >= 4 is 10.9 Å². The van der Waals surface area contributed by atoms with E-state index in [4.69, 9.17) is 4.98 Å². The first-order valence-electron chi connectivity index (χ1n) is 6.88. The summed E-state index contributed by atoms with van der Waals surface area (Å²) in [5.74, 6) is 0.934. The van der Waals surface area contributed by atoms with Gasteiger partial charge >= 0.3 is 0 Å². The molecule has 2 heterocycles. The summed E-state index contributed by atoms with van der Waals surface area (Å²) in [6, 6.07) is 8.45. The SMILES string of the molecule is CC(c1ncc2ccccc2n1)N1CCN(C)CC1. The van der Waals surface area contributed by atoms with Crippen LogP contribution in [0.1, 0.15) is 18.8 Å². The Morgan fingerprint density at radius 2 is 1.84 bits per heavy atom. The molecule has 0 N–H and O–H groups in total. The predicted molar refractivity (Wildman–Crippen MR) is 77.0 cm³/mol. The van der Waals surface area contributed by atoms with E-state index in [0.29, 0.717) is 6.04 Å². The molecular formula is C15H20N4. The van der Waals surface area contributed by atoms with Gasteiger partial charge in [-0.05, 0) is 20.0 Å². The molecule has 0 amide bonds. The average molecular weight is 256 g/mol. The van der Waals surface area contributed by atoms with E-state index in [1.165, 1.54) is 0 Å². The molecular weight excluding hydrogens is 236 g/mol. The van der Waals surface area contributed by atoms with Crippen LogP contribution in [-0.2, 0) is 0 Å². The van der Waals surface area contributed by atoms with E-state index in [0.717, 1.165) is 42.9 Å². The van der Waals surface area contributed by atoms with Crippen LogP contribution >= 0.6 is 0 Å². The van der Waals surface area contributed by atoms with Crippen molar-refractivity contribution in [1.82, 2.24) is 19.8 Å². The Labute approximate surface area is 114 Å². The zero-order valence-corrected chi connectivity index (χ0v) is 11.6. The lowest BCUT2D eigenvalue weighted by atomic mass is 10.2. The van der Waals surface area contributed by atoms with E-state index in [-0.39, 0.29) is 0 Å². The van der Waals surface area contributed by atoms with Crippen LogP contribution in [0.15, 0.2) is 30.5 Å². The molecule has 4 heteroatoms. The van der Waals surface area contributed by atoms with Crippen molar-refractivity contribution in [3.63, 3.8) is 0 Å². The summed E-state index contributed by atoms with van der Waals surface area (Å²) in [6.07, 6.45) is 1.93. The quantitative estimate of drug-likeness (QED) is 0.822. The lowest BCUT2D eigenvalue weighted by Crippen LogP contribution is -2.45. The zero-order chi connectivity index (χ0) is 13.2. The summed E-state index contributed by atoms with van der Waals surface area (Å²) in [6.45, 7) is 6.63. The van der Waals surface area contributed by atoms with Crippen molar-refractivity contribution in [2.75, 3.05) is 33.2 Å². The molecule has 100 valence electrons. The van der Waals surface area contributed by atoms with Gasteiger partial charge in [-0.2, -0.15) is 0 Å². The van der Waals surface area contributed by atoms with Crippen molar-refractivity contribution in [3.8, 4) is 0 Å². The van der Waals surface area contributed by atoms with E-state index < -0.39 is 0 Å². The molecule has 1 unspecified atom stereocenters. The number of para-hydroxylation sites is 1. The summed E-state index contributed by atoms with van der Waals surface area (Å²) in [4.78, 5) is 14.1. The second-order valence-corrected chi connectivity index (χ2v) is 5.30. The van der Waals surface area contributed by atoms with Crippen LogP contribution in [0.25, 0.3) is 10.9 Å². The van der Waals surface area contributed by atoms with Gasteiger partial charge in [-0.15, -0.1) is 0 Å².